The van der Waals surface area contributed by atoms with Crippen LogP contribution in [0.2, 0.25) is 0 Å². The number of ether oxygens (including phenoxy) is 2. The van der Waals surface area contributed by atoms with Gasteiger partial charge < -0.3 is 19.9 Å². The van der Waals surface area contributed by atoms with Crippen molar-refractivity contribution >= 4 is 23.5 Å². The molecule has 1 atom stereocenters. The highest BCUT2D eigenvalue weighted by molar-refractivity contribution is 5.96. The molecule has 0 radical (unpaired) electrons. The SMILES string of the molecule is O=C(O)CCc1ccc2c(c1)OC(NC(=O)CNC(=O)c1cccc([N+](=O)[O-])c1)O2. The summed E-state index contributed by atoms with van der Waals surface area (Å²) in [6.07, 6.45) is -0.798. The van der Waals surface area contributed by atoms with Gasteiger partial charge in [0, 0.05) is 24.1 Å². The number of fused-ring (bicyclic) bond motifs is 1. The molecule has 156 valence electrons. The van der Waals surface area contributed by atoms with Gasteiger partial charge in [0.05, 0.1) is 11.5 Å². The van der Waals surface area contributed by atoms with Crippen LogP contribution in [0.4, 0.5) is 5.69 Å². The van der Waals surface area contributed by atoms with E-state index in [0.717, 1.165) is 11.6 Å². The van der Waals surface area contributed by atoms with E-state index in [1.807, 2.05) is 0 Å². The number of hydrogen-bond acceptors (Lipinski definition) is 7. The number of amides is 2. The molecule has 0 bridgehead atoms. The maximum Gasteiger partial charge on any atom is 0.327 e. The third-order valence-corrected chi connectivity index (χ3v) is 4.11. The molecule has 0 saturated carbocycles. The van der Waals surface area contributed by atoms with E-state index in [-0.39, 0.29) is 17.7 Å². The quantitative estimate of drug-likeness (QED) is 0.429. The van der Waals surface area contributed by atoms with Crippen molar-refractivity contribution < 1.29 is 33.9 Å². The Kier molecular flexibility index (Phi) is 6.11. The number of hydrogen-bond donors (Lipinski definition) is 3. The first kappa shape index (κ1) is 20.6. The first-order chi connectivity index (χ1) is 14.3. The summed E-state index contributed by atoms with van der Waals surface area (Å²) in [6.45, 7) is -0.398. The van der Waals surface area contributed by atoms with Crippen LogP contribution in [0, 0.1) is 10.1 Å². The fraction of sp³-hybridized carbons (Fsp3) is 0.211. The average molecular weight is 415 g/mol. The van der Waals surface area contributed by atoms with Gasteiger partial charge in [0.2, 0.25) is 5.91 Å². The van der Waals surface area contributed by atoms with Crippen LogP contribution in [-0.4, -0.2) is 40.8 Å². The molecule has 1 aliphatic rings. The standard InChI is InChI=1S/C19H17N3O8/c23-16(10-20-18(26)12-2-1-3-13(9-12)22(27)28)21-19-29-14-6-4-11(5-7-17(24)25)8-15(14)30-19/h1-4,6,8-9,19H,5,7,10H2,(H,20,26)(H,21,23)(H,24,25). The van der Waals surface area contributed by atoms with E-state index in [1.54, 1.807) is 18.2 Å². The molecule has 2 aromatic carbocycles. The Labute approximate surface area is 169 Å². The molecule has 2 aromatic rings. The highest BCUT2D eigenvalue weighted by Gasteiger charge is 2.26. The zero-order valence-electron chi connectivity index (χ0n) is 15.5. The fourth-order valence-corrected chi connectivity index (χ4v) is 2.67. The number of nitro groups is 1. The lowest BCUT2D eigenvalue weighted by molar-refractivity contribution is -0.384. The molecule has 0 aliphatic carbocycles. The summed E-state index contributed by atoms with van der Waals surface area (Å²) in [7, 11) is 0. The number of aryl methyl sites for hydroxylation is 1. The fourth-order valence-electron chi connectivity index (χ4n) is 2.67. The lowest BCUT2D eigenvalue weighted by atomic mass is 10.1. The number of carboxylic acids is 1. The predicted molar refractivity (Wildman–Crippen MR) is 101 cm³/mol. The van der Waals surface area contributed by atoms with Crippen molar-refractivity contribution in [3.63, 3.8) is 0 Å². The van der Waals surface area contributed by atoms with Crippen molar-refractivity contribution in [2.24, 2.45) is 0 Å². The molecule has 11 heteroatoms. The average Bonchev–Trinajstić information content (AvgIpc) is 3.11. The summed E-state index contributed by atoms with van der Waals surface area (Å²) in [4.78, 5) is 44.9. The van der Waals surface area contributed by atoms with Gasteiger partial charge in [-0.1, -0.05) is 12.1 Å². The molecular weight excluding hydrogens is 398 g/mol. The van der Waals surface area contributed by atoms with Crippen molar-refractivity contribution in [2.75, 3.05) is 6.54 Å². The van der Waals surface area contributed by atoms with Crippen LogP contribution in [-0.2, 0) is 16.0 Å². The Bertz CT molecular complexity index is 1010. The van der Waals surface area contributed by atoms with E-state index in [1.165, 1.54) is 18.2 Å². The Balaban J connectivity index is 1.49. The van der Waals surface area contributed by atoms with Crippen LogP contribution in [0.3, 0.4) is 0 Å². The van der Waals surface area contributed by atoms with Crippen molar-refractivity contribution in [3.05, 3.63) is 63.7 Å². The predicted octanol–water partition coefficient (Wildman–Crippen LogP) is 1.21. The van der Waals surface area contributed by atoms with Gasteiger partial charge in [0.25, 0.3) is 11.6 Å². The van der Waals surface area contributed by atoms with Gasteiger partial charge in [0.15, 0.2) is 11.5 Å². The van der Waals surface area contributed by atoms with Gasteiger partial charge in [-0.2, -0.15) is 0 Å². The highest BCUT2D eigenvalue weighted by atomic mass is 16.7. The van der Waals surface area contributed by atoms with Gasteiger partial charge in [-0.3, -0.25) is 29.8 Å². The number of carboxylic acid groups (broad SMARTS) is 1. The number of nitro benzene ring substituents is 1. The summed E-state index contributed by atoms with van der Waals surface area (Å²) >= 11 is 0. The van der Waals surface area contributed by atoms with Gasteiger partial charge in [0.1, 0.15) is 0 Å². The van der Waals surface area contributed by atoms with E-state index in [9.17, 15) is 24.5 Å². The molecular formula is C19H17N3O8. The highest BCUT2D eigenvalue weighted by Crippen LogP contribution is 2.35. The minimum Gasteiger partial charge on any atom is -0.481 e. The zero-order valence-corrected chi connectivity index (χ0v) is 15.5. The minimum absolute atomic E-state index is 0.0237. The molecule has 3 rings (SSSR count). The van der Waals surface area contributed by atoms with Crippen molar-refractivity contribution in [1.29, 1.82) is 0 Å². The summed E-state index contributed by atoms with van der Waals surface area (Å²) < 4.78 is 10.9. The van der Waals surface area contributed by atoms with Gasteiger partial charge in [-0.05, 0) is 30.2 Å². The summed E-state index contributed by atoms with van der Waals surface area (Å²) in [5.41, 5.74) is 0.558. The molecule has 0 fully saturated rings. The molecule has 1 heterocycles. The van der Waals surface area contributed by atoms with E-state index < -0.39 is 35.7 Å². The van der Waals surface area contributed by atoms with Gasteiger partial charge in [-0.25, -0.2) is 0 Å². The second-order valence-corrected chi connectivity index (χ2v) is 6.30. The molecule has 0 saturated heterocycles. The van der Waals surface area contributed by atoms with E-state index in [4.69, 9.17) is 14.6 Å². The molecule has 11 nitrogen and oxygen atoms in total. The number of nitrogens with one attached hydrogen (secondary N) is 2. The van der Waals surface area contributed by atoms with Gasteiger partial charge in [-0.15, -0.1) is 0 Å². The summed E-state index contributed by atoms with van der Waals surface area (Å²) in [5, 5.41) is 24.3. The number of non-ortho nitro benzene ring substituents is 1. The summed E-state index contributed by atoms with van der Waals surface area (Å²) in [5.74, 6) is -1.40. The number of aliphatic carboxylic acids is 1. The zero-order chi connectivity index (χ0) is 21.7. The molecule has 1 unspecified atom stereocenters. The number of benzene rings is 2. The number of carbonyl (C=O) groups excluding carboxylic acids is 2. The molecule has 2 amide bonds. The molecule has 0 aromatic heterocycles. The summed E-state index contributed by atoms with van der Waals surface area (Å²) in [6, 6.07) is 10.1. The van der Waals surface area contributed by atoms with Crippen LogP contribution >= 0.6 is 0 Å². The lowest BCUT2D eigenvalue weighted by Gasteiger charge is -2.12. The topological polar surface area (TPSA) is 157 Å². The molecule has 0 spiro atoms. The van der Waals surface area contributed by atoms with Crippen LogP contribution in [0.5, 0.6) is 11.5 Å². The van der Waals surface area contributed by atoms with Crippen LogP contribution in [0.1, 0.15) is 22.3 Å². The third kappa shape index (κ3) is 5.22. The molecule has 1 aliphatic heterocycles. The number of rotatable bonds is 8. The number of carbonyl (C=O) groups is 3. The van der Waals surface area contributed by atoms with E-state index in [0.29, 0.717) is 17.9 Å². The second-order valence-electron chi connectivity index (χ2n) is 6.30. The maximum absolute atomic E-state index is 12.1. The lowest BCUT2D eigenvalue weighted by Crippen LogP contribution is -2.45. The molecule has 3 N–H and O–H groups in total. The third-order valence-electron chi connectivity index (χ3n) is 4.11. The van der Waals surface area contributed by atoms with Gasteiger partial charge >= 0.3 is 12.4 Å². The Morgan fingerprint density at radius 1 is 1.10 bits per heavy atom. The first-order valence-electron chi connectivity index (χ1n) is 8.82. The smallest absolute Gasteiger partial charge is 0.327 e. The minimum atomic E-state index is -1.10. The van der Waals surface area contributed by atoms with Crippen molar-refractivity contribution in [3.8, 4) is 11.5 Å². The normalized spacial score (nSPS) is 14.1. The van der Waals surface area contributed by atoms with Crippen molar-refractivity contribution in [2.45, 2.75) is 19.3 Å². The van der Waals surface area contributed by atoms with E-state index in [2.05, 4.69) is 10.6 Å². The maximum atomic E-state index is 12.1. The largest absolute Gasteiger partial charge is 0.481 e. The molecule has 30 heavy (non-hydrogen) atoms. The Morgan fingerprint density at radius 3 is 2.60 bits per heavy atom. The van der Waals surface area contributed by atoms with Crippen LogP contribution in [0.25, 0.3) is 0 Å². The Hall–Kier alpha value is -4.15. The van der Waals surface area contributed by atoms with Crippen LogP contribution < -0.4 is 20.1 Å². The second kappa shape index (κ2) is 8.90. The first-order valence-corrected chi connectivity index (χ1v) is 8.82. The Morgan fingerprint density at radius 2 is 1.87 bits per heavy atom. The van der Waals surface area contributed by atoms with Crippen molar-refractivity contribution in [1.82, 2.24) is 10.6 Å². The number of nitrogens with zero attached hydrogens (tertiary/aromatic N) is 1. The van der Waals surface area contributed by atoms with E-state index >= 15 is 0 Å². The monoisotopic (exact) mass is 415 g/mol. The van der Waals surface area contributed by atoms with Crippen LogP contribution in [0.15, 0.2) is 42.5 Å².